The van der Waals surface area contributed by atoms with E-state index in [0.717, 1.165) is 22.5 Å². The van der Waals surface area contributed by atoms with Crippen molar-refractivity contribution in [3.8, 4) is 5.75 Å². The van der Waals surface area contributed by atoms with Gasteiger partial charge < -0.3 is 9.84 Å². The Morgan fingerprint density at radius 2 is 2.00 bits per heavy atom. The molecule has 26 heavy (non-hydrogen) atoms. The molecule has 6 nitrogen and oxygen atoms in total. The highest BCUT2D eigenvalue weighted by Gasteiger charge is 2.42. The fourth-order valence-corrected chi connectivity index (χ4v) is 3.24. The lowest BCUT2D eigenvalue weighted by Gasteiger charge is -2.23. The molecular formula is C19H18ClN4O2+. The minimum Gasteiger partial charge on any atom is -0.491 e. The highest BCUT2D eigenvalue weighted by Crippen LogP contribution is 2.46. The summed E-state index contributed by atoms with van der Waals surface area (Å²) in [6.07, 6.45) is 1.21. The zero-order chi connectivity index (χ0) is 18.3. The molecule has 2 aromatic rings. The minimum atomic E-state index is -0.552. The molecule has 7 heteroatoms. The molecule has 2 aromatic carbocycles. The topological polar surface area (TPSA) is 66.5 Å². The van der Waals surface area contributed by atoms with Gasteiger partial charge in [-0.25, -0.2) is 4.99 Å². The number of hydrogen-bond acceptors (Lipinski definition) is 5. The molecule has 0 aromatic heterocycles. The highest BCUT2D eigenvalue weighted by molar-refractivity contribution is 6.32. The average molecular weight is 370 g/mol. The number of halogens is 1. The zero-order valence-electron chi connectivity index (χ0n) is 14.4. The lowest BCUT2D eigenvalue weighted by molar-refractivity contribution is -0.746. The molecular weight excluding hydrogens is 352 g/mol. The third-order valence-electron chi connectivity index (χ3n) is 4.27. The number of aliphatic hydroxyl groups is 1. The van der Waals surface area contributed by atoms with E-state index < -0.39 is 6.10 Å². The van der Waals surface area contributed by atoms with Gasteiger partial charge in [0.25, 0.3) is 0 Å². The van der Waals surface area contributed by atoms with Gasteiger partial charge in [-0.05, 0) is 37.3 Å². The maximum atomic E-state index is 9.44. The number of nitrogens with zero attached hydrogens (tertiary/aromatic N) is 4. The smallest absolute Gasteiger partial charge is 0.223 e. The molecule has 0 amide bonds. The lowest BCUT2D eigenvalue weighted by atomic mass is 10.0. The number of aliphatic imine (C=N–C) groups is 1. The zero-order valence-corrected chi connectivity index (χ0v) is 15.2. The molecule has 132 valence electrons. The van der Waals surface area contributed by atoms with Crippen molar-refractivity contribution in [2.24, 2.45) is 15.3 Å². The van der Waals surface area contributed by atoms with Gasteiger partial charge >= 0.3 is 0 Å². The molecule has 0 fully saturated rings. The predicted octanol–water partition coefficient (Wildman–Crippen LogP) is 4.43. The molecule has 0 radical (unpaired) electrons. The fraction of sp³-hybridized carbons (Fsp3) is 0.211. The second-order valence-electron chi connectivity index (χ2n) is 6.48. The van der Waals surface area contributed by atoms with Crippen LogP contribution in [0.3, 0.4) is 0 Å². The van der Waals surface area contributed by atoms with Gasteiger partial charge in [-0.15, -0.1) is 4.59 Å². The van der Waals surface area contributed by atoms with E-state index in [-0.39, 0.29) is 11.2 Å². The summed E-state index contributed by atoms with van der Waals surface area (Å²) in [6, 6.07) is 13.3. The molecule has 2 heterocycles. The van der Waals surface area contributed by atoms with E-state index in [1.807, 2.05) is 37.4 Å². The van der Waals surface area contributed by atoms with E-state index in [9.17, 15) is 5.11 Å². The second-order valence-corrected chi connectivity index (χ2v) is 6.88. The fourth-order valence-electron chi connectivity index (χ4n) is 3.03. The molecule has 0 saturated carbocycles. The van der Waals surface area contributed by atoms with Crippen molar-refractivity contribution in [3.05, 3.63) is 58.6 Å². The molecule has 2 unspecified atom stereocenters. The van der Waals surface area contributed by atoms with E-state index in [0.29, 0.717) is 16.5 Å². The Morgan fingerprint density at radius 3 is 2.81 bits per heavy atom. The average Bonchev–Trinajstić information content (AvgIpc) is 2.99. The van der Waals surface area contributed by atoms with Gasteiger partial charge in [0.1, 0.15) is 19.4 Å². The number of benzene rings is 2. The third kappa shape index (κ3) is 2.82. The Morgan fingerprint density at radius 1 is 1.19 bits per heavy atom. The van der Waals surface area contributed by atoms with Crippen molar-refractivity contribution in [2.75, 3.05) is 13.7 Å². The van der Waals surface area contributed by atoms with Crippen molar-refractivity contribution >= 4 is 35.0 Å². The van der Waals surface area contributed by atoms with E-state index in [1.54, 1.807) is 25.4 Å². The number of ether oxygens (including phenoxy) is 1. The largest absolute Gasteiger partial charge is 0.491 e. The Labute approximate surface area is 156 Å². The summed E-state index contributed by atoms with van der Waals surface area (Å²) >= 11 is 6.46. The number of para-hydroxylation sites is 1. The Balaban J connectivity index is 1.85. The summed E-state index contributed by atoms with van der Waals surface area (Å²) in [7, 11) is 1.92. The second kappa shape index (κ2) is 6.32. The number of rotatable bonds is 4. The Kier molecular flexibility index (Phi) is 4.11. The SMILES string of the molecule is CC(O)COc1ccc(Cl)c(C2=C3c4ccccc4N=C[N+]3(C)N=N2)c1. The molecule has 0 saturated heterocycles. The van der Waals surface area contributed by atoms with Crippen LogP contribution in [0.2, 0.25) is 5.02 Å². The first-order valence-corrected chi connectivity index (χ1v) is 8.65. The van der Waals surface area contributed by atoms with Crippen LogP contribution in [-0.2, 0) is 0 Å². The summed E-state index contributed by atoms with van der Waals surface area (Å²) in [5.74, 6) is 0.618. The molecule has 2 atom stereocenters. The van der Waals surface area contributed by atoms with E-state index in [4.69, 9.17) is 16.3 Å². The quantitative estimate of drug-likeness (QED) is 0.810. The van der Waals surface area contributed by atoms with Crippen molar-refractivity contribution in [2.45, 2.75) is 13.0 Å². The molecule has 1 N–H and O–H groups in total. The number of aliphatic hydroxyl groups excluding tert-OH is 1. The van der Waals surface area contributed by atoms with Crippen LogP contribution in [0.25, 0.3) is 11.4 Å². The first kappa shape index (κ1) is 16.9. The predicted molar refractivity (Wildman–Crippen MR) is 101 cm³/mol. The van der Waals surface area contributed by atoms with Crippen LogP contribution in [0.4, 0.5) is 5.69 Å². The first-order chi connectivity index (χ1) is 12.5. The van der Waals surface area contributed by atoms with Gasteiger partial charge in [0, 0.05) is 10.8 Å². The summed E-state index contributed by atoms with van der Waals surface area (Å²) in [6.45, 7) is 1.88. The van der Waals surface area contributed by atoms with Crippen molar-refractivity contribution in [3.63, 3.8) is 0 Å². The standard InChI is InChI=1S/C19H18ClN4O2/c1-12(25)10-26-13-7-8-16(20)15(9-13)18-19-14-5-3-4-6-17(14)21-11-24(19,2)23-22-18/h3-9,11-12,25H,10H2,1-2H3/q+1. The van der Waals surface area contributed by atoms with Gasteiger partial charge in [0.2, 0.25) is 12.0 Å². The van der Waals surface area contributed by atoms with E-state index in [2.05, 4.69) is 15.3 Å². The van der Waals surface area contributed by atoms with Gasteiger partial charge in [0.05, 0.1) is 22.4 Å². The van der Waals surface area contributed by atoms with Crippen LogP contribution in [0, 0.1) is 0 Å². The summed E-state index contributed by atoms with van der Waals surface area (Å²) in [5, 5.41) is 18.8. The van der Waals surface area contributed by atoms with Gasteiger partial charge in [0.15, 0.2) is 5.70 Å². The first-order valence-electron chi connectivity index (χ1n) is 8.28. The summed E-state index contributed by atoms with van der Waals surface area (Å²) in [4.78, 5) is 4.50. The van der Waals surface area contributed by atoms with E-state index >= 15 is 0 Å². The number of hydrogen-bond donors (Lipinski definition) is 1. The van der Waals surface area contributed by atoms with Gasteiger partial charge in [-0.1, -0.05) is 28.8 Å². The van der Waals surface area contributed by atoms with Crippen molar-refractivity contribution < 1.29 is 14.4 Å². The minimum absolute atomic E-state index is 0.140. The van der Waals surface area contributed by atoms with Crippen LogP contribution in [0.1, 0.15) is 18.1 Å². The maximum Gasteiger partial charge on any atom is 0.223 e. The summed E-state index contributed by atoms with van der Waals surface area (Å²) < 4.78 is 5.76. The normalized spacial score (nSPS) is 21.5. The summed E-state index contributed by atoms with van der Waals surface area (Å²) in [5.41, 5.74) is 4.20. The lowest BCUT2D eigenvalue weighted by Crippen LogP contribution is -2.34. The maximum absolute atomic E-state index is 9.44. The monoisotopic (exact) mass is 369 g/mol. The molecule has 2 aliphatic heterocycles. The molecule has 0 bridgehead atoms. The molecule has 2 aliphatic rings. The molecule has 4 rings (SSSR count). The number of fused-ring (bicyclic) bond motifs is 3. The molecule has 0 aliphatic carbocycles. The Bertz CT molecular complexity index is 968. The van der Waals surface area contributed by atoms with Gasteiger partial charge in [-0.3, -0.25) is 0 Å². The Hall–Kier alpha value is -2.54. The molecule has 0 spiro atoms. The third-order valence-corrected chi connectivity index (χ3v) is 4.60. The number of quaternary nitrogens is 1. The van der Waals surface area contributed by atoms with Crippen LogP contribution < -0.4 is 4.74 Å². The van der Waals surface area contributed by atoms with Gasteiger partial charge in [-0.2, -0.15) is 0 Å². The van der Waals surface area contributed by atoms with E-state index in [1.165, 1.54) is 0 Å². The van der Waals surface area contributed by atoms with Crippen molar-refractivity contribution in [1.82, 2.24) is 0 Å². The van der Waals surface area contributed by atoms with Crippen molar-refractivity contribution in [1.29, 1.82) is 0 Å². The van der Waals surface area contributed by atoms with Crippen LogP contribution in [-0.4, -0.2) is 35.8 Å². The van der Waals surface area contributed by atoms with Crippen LogP contribution >= 0.6 is 11.6 Å². The highest BCUT2D eigenvalue weighted by atomic mass is 35.5. The van der Waals surface area contributed by atoms with Crippen LogP contribution in [0.15, 0.2) is 57.8 Å². The van der Waals surface area contributed by atoms with Crippen LogP contribution in [0.5, 0.6) is 5.75 Å².